The Labute approximate surface area is 102 Å². The maximum atomic E-state index is 13.4. The zero-order chi connectivity index (χ0) is 12.7. The average Bonchev–Trinajstić information content (AvgIpc) is 2.28. The average molecular weight is 242 g/mol. The van der Waals surface area contributed by atoms with Crippen LogP contribution in [0.2, 0.25) is 0 Å². The molecule has 1 N–H and O–H groups in total. The van der Waals surface area contributed by atoms with Crippen molar-refractivity contribution in [2.45, 2.75) is 19.4 Å². The fourth-order valence-corrected chi connectivity index (χ4v) is 1.70. The van der Waals surface area contributed by atoms with E-state index in [-0.39, 0.29) is 0 Å². The van der Waals surface area contributed by atoms with Crippen molar-refractivity contribution in [2.24, 2.45) is 0 Å². The molecule has 0 aliphatic rings. The van der Waals surface area contributed by atoms with Crippen molar-refractivity contribution < 1.29 is 8.78 Å². The predicted octanol–water partition coefficient (Wildman–Crippen LogP) is 2.40. The lowest BCUT2D eigenvalue weighted by atomic mass is 10.2. The molecule has 0 aliphatic carbocycles. The number of nitrogens with one attached hydrogen (secondary N) is 1. The lowest BCUT2D eigenvalue weighted by molar-refractivity contribution is 0.313. The van der Waals surface area contributed by atoms with Crippen LogP contribution in [-0.2, 0) is 6.54 Å². The third-order valence-electron chi connectivity index (χ3n) is 2.67. The van der Waals surface area contributed by atoms with Gasteiger partial charge in [-0.05, 0) is 46.1 Å². The molecule has 2 nitrogen and oxygen atoms in total. The lowest BCUT2D eigenvalue weighted by Gasteiger charge is -2.16. The van der Waals surface area contributed by atoms with Crippen LogP contribution in [-0.4, -0.2) is 32.1 Å². The van der Waals surface area contributed by atoms with Crippen molar-refractivity contribution in [1.82, 2.24) is 10.2 Å². The largest absolute Gasteiger partial charge is 0.320 e. The molecule has 0 heterocycles. The number of rotatable bonds is 7. The van der Waals surface area contributed by atoms with Crippen LogP contribution in [0, 0.1) is 11.6 Å². The second-order valence-corrected chi connectivity index (χ2v) is 4.28. The smallest absolute Gasteiger partial charge is 0.130 e. The van der Waals surface area contributed by atoms with E-state index in [2.05, 4.69) is 5.32 Å². The van der Waals surface area contributed by atoms with E-state index in [0.29, 0.717) is 12.1 Å². The third-order valence-corrected chi connectivity index (χ3v) is 2.67. The van der Waals surface area contributed by atoms with Gasteiger partial charge in [-0.25, -0.2) is 8.78 Å². The number of benzene rings is 1. The lowest BCUT2D eigenvalue weighted by Crippen LogP contribution is -2.21. The summed E-state index contributed by atoms with van der Waals surface area (Å²) in [6, 6.07) is 3.74. The summed E-state index contributed by atoms with van der Waals surface area (Å²) in [4.78, 5) is 2.05. The van der Waals surface area contributed by atoms with Gasteiger partial charge in [0.1, 0.15) is 11.6 Å². The number of unbranched alkanes of at least 4 members (excludes halogenated alkanes) is 1. The Bertz CT molecular complexity index is 342. The van der Waals surface area contributed by atoms with Crippen LogP contribution in [0.5, 0.6) is 0 Å². The molecule has 1 rings (SSSR count). The van der Waals surface area contributed by atoms with Gasteiger partial charge in [0.15, 0.2) is 0 Å². The molecule has 17 heavy (non-hydrogen) atoms. The molecule has 0 spiro atoms. The summed E-state index contributed by atoms with van der Waals surface area (Å²) >= 11 is 0. The summed E-state index contributed by atoms with van der Waals surface area (Å²) < 4.78 is 26.1. The van der Waals surface area contributed by atoms with Gasteiger partial charge in [0.05, 0.1) is 0 Å². The highest BCUT2D eigenvalue weighted by atomic mass is 19.1. The first-order valence-electron chi connectivity index (χ1n) is 5.90. The number of hydrogen-bond acceptors (Lipinski definition) is 2. The van der Waals surface area contributed by atoms with Gasteiger partial charge in [0.25, 0.3) is 0 Å². The minimum absolute atomic E-state index is 0.466. The quantitative estimate of drug-likeness (QED) is 0.739. The Kier molecular flexibility index (Phi) is 6.08. The van der Waals surface area contributed by atoms with Crippen LogP contribution in [0.1, 0.15) is 18.4 Å². The highest BCUT2D eigenvalue weighted by Gasteiger charge is 2.06. The van der Waals surface area contributed by atoms with Crippen molar-refractivity contribution in [3.8, 4) is 0 Å². The van der Waals surface area contributed by atoms with Crippen molar-refractivity contribution >= 4 is 0 Å². The van der Waals surface area contributed by atoms with Crippen LogP contribution in [0.25, 0.3) is 0 Å². The molecule has 0 fully saturated rings. The standard InChI is InChI=1S/C13H20F2N2/c1-16-7-3-4-8-17(2)10-11-5-6-12(14)9-13(11)15/h5-6,9,16H,3-4,7-8,10H2,1-2H3. The Hall–Kier alpha value is -1.00. The molecule has 0 bridgehead atoms. The minimum Gasteiger partial charge on any atom is -0.320 e. The summed E-state index contributed by atoms with van der Waals surface area (Å²) in [5, 5.41) is 3.09. The summed E-state index contributed by atoms with van der Waals surface area (Å²) in [5.41, 5.74) is 0.544. The molecular weight excluding hydrogens is 222 g/mol. The van der Waals surface area contributed by atoms with E-state index in [0.717, 1.165) is 32.0 Å². The number of nitrogens with zero attached hydrogens (tertiary/aromatic N) is 1. The summed E-state index contributed by atoms with van der Waals surface area (Å²) in [6.45, 7) is 2.43. The van der Waals surface area contributed by atoms with Gasteiger partial charge in [0, 0.05) is 18.2 Å². The molecule has 0 aromatic heterocycles. The molecule has 4 heteroatoms. The Balaban J connectivity index is 2.37. The SMILES string of the molecule is CNCCCCN(C)Cc1ccc(F)cc1F. The molecule has 0 atom stereocenters. The first kappa shape index (κ1) is 14.1. The molecule has 0 saturated carbocycles. The van der Waals surface area contributed by atoms with Gasteiger partial charge in [0.2, 0.25) is 0 Å². The maximum Gasteiger partial charge on any atom is 0.130 e. The van der Waals surface area contributed by atoms with Gasteiger partial charge in [-0.1, -0.05) is 6.07 Å². The monoisotopic (exact) mass is 242 g/mol. The highest BCUT2D eigenvalue weighted by Crippen LogP contribution is 2.11. The first-order valence-corrected chi connectivity index (χ1v) is 5.90. The van der Waals surface area contributed by atoms with Crippen molar-refractivity contribution in [2.75, 3.05) is 27.2 Å². The van der Waals surface area contributed by atoms with Crippen molar-refractivity contribution in [1.29, 1.82) is 0 Å². The van der Waals surface area contributed by atoms with E-state index in [4.69, 9.17) is 0 Å². The molecule has 0 amide bonds. The molecule has 0 radical (unpaired) electrons. The molecule has 0 unspecified atom stereocenters. The molecule has 0 aliphatic heterocycles. The Morgan fingerprint density at radius 3 is 2.65 bits per heavy atom. The van der Waals surface area contributed by atoms with Gasteiger partial charge in [-0.15, -0.1) is 0 Å². The van der Waals surface area contributed by atoms with Gasteiger partial charge in [-0.3, -0.25) is 0 Å². The van der Waals surface area contributed by atoms with E-state index in [1.165, 1.54) is 12.1 Å². The second-order valence-electron chi connectivity index (χ2n) is 4.28. The topological polar surface area (TPSA) is 15.3 Å². The van der Waals surface area contributed by atoms with Crippen LogP contribution >= 0.6 is 0 Å². The van der Waals surface area contributed by atoms with Crippen molar-refractivity contribution in [3.63, 3.8) is 0 Å². The first-order chi connectivity index (χ1) is 8.13. The second kappa shape index (κ2) is 7.35. The van der Waals surface area contributed by atoms with Crippen LogP contribution in [0.3, 0.4) is 0 Å². The fraction of sp³-hybridized carbons (Fsp3) is 0.538. The fourth-order valence-electron chi connectivity index (χ4n) is 1.70. The predicted molar refractivity (Wildman–Crippen MR) is 65.9 cm³/mol. The molecule has 1 aromatic rings. The van der Waals surface area contributed by atoms with Crippen molar-refractivity contribution in [3.05, 3.63) is 35.4 Å². The normalized spacial score (nSPS) is 11.1. The van der Waals surface area contributed by atoms with E-state index in [1.54, 1.807) is 0 Å². The highest BCUT2D eigenvalue weighted by molar-refractivity contribution is 5.18. The third kappa shape index (κ3) is 5.24. The Morgan fingerprint density at radius 2 is 2.00 bits per heavy atom. The van der Waals surface area contributed by atoms with E-state index in [9.17, 15) is 8.78 Å². The van der Waals surface area contributed by atoms with E-state index in [1.807, 2.05) is 19.0 Å². The van der Waals surface area contributed by atoms with Gasteiger partial charge in [-0.2, -0.15) is 0 Å². The van der Waals surface area contributed by atoms with Crippen LogP contribution < -0.4 is 5.32 Å². The zero-order valence-electron chi connectivity index (χ0n) is 10.5. The molecule has 1 aromatic carbocycles. The van der Waals surface area contributed by atoms with E-state index < -0.39 is 11.6 Å². The molecule has 96 valence electrons. The van der Waals surface area contributed by atoms with Gasteiger partial charge >= 0.3 is 0 Å². The number of halogens is 2. The molecular formula is C13H20F2N2. The summed E-state index contributed by atoms with van der Waals surface area (Å²) in [7, 11) is 3.87. The zero-order valence-corrected chi connectivity index (χ0v) is 10.5. The van der Waals surface area contributed by atoms with Gasteiger partial charge < -0.3 is 10.2 Å². The molecule has 0 saturated heterocycles. The Morgan fingerprint density at radius 1 is 1.24 bits per heavy atom. The summed E-state index contributed by atoms with van der Waals surface area (Å²) in [5.74, 6) is -0.991. The summed E-state index contributed by atoms with van der Waals surface area (Å²) in [6.07, 6.45) is 2.17. The van der Waals surface area contributed by atoms with Crippen LogP contribution in [0.15, 0.2) is 18.2 Å². The number of hydrogen-bond donors (Lipinski definition) is 1. The van der Waals surface area contributed by atoms with Crippen LogP contribution in [0.4, 0.5) is 8.78 Å². The maximum absolute atomic E-state index is 13.4. The minimum atomic E-state index is -0.525. The van der Waals surface area contributed by atoms with E-state index >= 15 is 0 Å².